The molecular formula is C16H29NO. The number of rotatable bonds is 11. The summed E-state index contributed by atoms with van der Waals surface area (Å²) in [5.41, 5.74) is 0. The van der Waals surface area contributed by atoms with Gasteiger partial charge in [-0.1, -0.05) is 64.5 Å². The molecule has 0 N–H and O–H groups in total. The zero-order valence-corrected chi connectivity index (χ0v) is 12.2. The van der Waals surface area contributed by atoms with Crippen LogP contribution in [0.1, 0.15) is 65.2 Å². The summed E-state index contributed by atoms with van der Waals surface area (Å²) < 4.78 is 0. The van der Waals surface area contributed by atoms with E-state index in [9.17, 15) is 4.79 Å². The Morgan fingerprint density at radius 1 is 1.06 bits per heavy atom. The van der Waals surface area contributed by atoms with E-state index in [1.807, 2.05) is 19.2 Å². The van der Waals surface area contributed by atoms with E-state index in [0.29, 0.717) is 0 Å². The lowest BCUT2D eigenvalue weighted by Gasteiger charge is -2.16. The van der Waals surface area contributed by atoms with Gasteiger partial charge >= 0.3 is 0 Å². The largest absolute Gasteiger partial charge is 0.316 e. The van der Waals surface area contributed by atoms with Crippen molar-refractivity contribution in [3.05, 3.63) is 24.9 Å². The van der Waals surface area contributed by atoms with E-state index in [4.69, 9.17) is 0 Å². The molecule has 0 saturated heterocycles. The van der Waals surface area contributed by atoms with Crippen LogP contribution in [0, 0.1) is 0 Å². The third kappa shape index (κ3) is 9.03. The first-order valence-corrected chi connectivity index (χ1v) is 7.32. The SMILES string of the molecule is C=CC(=O)N(C=CC)CCCCCCCCCC. The Kier molecular flexibility index (Phi) is 11.7. The molecule has 18 heavy (non-hydrogen) atoms. The van der Waals surface area contributed by atoms with Crippen LogP contribution in [0.3, 0.4) is 0 Å². The van der Waals surface area contributed by atoms with Crippen molar-refractivity contribution in [2.45, 2.75) is 65.2 Å². The van der Waals surface area contributed by atoms with E-state index < -0.39 is 0 Å². The molecule has 0 spiro atoms. The molecule has 0 rings (SSSR count). The number of hydrogen-bond acceptors (Lipinski definition) is 1. The zero-order valence-electron chi connectivity index (χ0n) is 12.2. The number of allylic oxidation sites excluding steroid dienone is 1. The molecule has 0 atom stereocenters. The predicted molar refractivity (Wildman–Crippen MR) is 79.3 cm³/mol. The monoisotopic (exact) mass is 251 g/mol. The number of carbonyl (C=O) groups is 1. The summed E-state index contributed by atoms with van der Waals surface area (Å²) in [5, 5.41) is 0. The Balaban J connectivity index is 3.55. The summed E-state index contributed by atoms with van der Waals surface area (Å²) in [6.45, 7) is 8.50. The molecule has 0 aromatic carbocycles. The van der Waals surface area contributed by atoms with Gasteiger partial charge in [-0.15, -0.1) is 0 Å². The fourth-order valence-electron chi connectivity index (χ4n) is 1.97. The van der Waals surface area contributed by atoms with Crippen LogP contribution in [0.2, 0.25) is 0 Å². The third-order valence-electron chi connectivity index (χ3n) is 3.04. The fourth-order valence-corrected chi connectivity index (χ4v) is 1.97. The van der Waals surface area contributed by atoms with E-state index in [1.165, 1.54) is 51.0 Å². The number of hydrogen-bond donors (Lipinski definition) is 0. The second kappa shape index (κ2) is 12.4. The molecule has 0 aromatic rings. The van der Waals surface area contributed by atoms with E-state index in [-0.39, 0.29) is 5.91 Å². The Morgan fingerprint density at radius 3 is 2.11 bits per heavy atom. The summed E-state index contributed by atoms with van der Waals surface area (Å²) in [4.78, 5) is 13.2. The molecule has 0 radical (unpaired) electrons. The highest BCUT2D eigenvalue weighted by Gasteiger charge is 2.05. The maximum absolute atomic E-state index is 11.5. The van der Waals surface area contributed by atoms with Gasteiger partial charge in [0.25, 0.3) is 0 Å². The summed E-state index contributed by atoms with van der Waals surface area (Å²) in [6.07, 6.45) is 15.4. The van der Waals surface area contributed by atoms with Crippen molar-refractivity contribution in [3.63, 3.8) is 0 Å². The van der Waals surface area contributed by atoms with Crippen LogP contribution < -0.4 is 0 Å². The standard InChI is InChI=1S/C16H29NO/c1-4-7-8-9-10-11-12-13-15-17(14-5-2)16(18)6-3/h5-6,14H,3-4,7-13,15H2,1-2H3. The molecule has 0 aliphatic rings. The normalized spacial score (nSPS) is 10.8. The Morgan fingerprint density at radius 2 is 1.61 bits per heavy atom. The van der Waals surface area contributed by atoms with Gasteiger partial charge < -0.3 is 4.90 Å². The molecule has 1 amide bonds. The van der Waals surface area contributed by atoms with Gasteiger partial charge in [0.05, 0.1) is 0 Å². The molecule has 0 saturated carbocycles. The highest BCUT2D eigenvalue weighted by Crippen LogP contribution is 2.09. The molecule has 0 aliphatic carbocycles. The lowest BCUT2D eigenvalue weighted by molar-refractivity contribution is -0.123. The zero-order chi connectivity index (χ0) is 13.6. The summed E-state index contributed by atoms with van der Waals surface area (Å²) in [6, 6.07) is 0. The Labute approximate surface area is 113 Å². The average molecular weight is 251 g/mol. The van der Waals surface area contributed by atoms with E-state index in [2.05, 4.69) is 13.5 Å². The topological polar surface area (TPSA) is 20.3 Å². The summed E-state index contributed by atoms with van der Waals surface area (Å²) in [7, 11) is 0. The summed E-state index contributed by atoms with van der Waals surface area (Å²) >= 11 is 0. The first kappa shape index (κ1) is 16.9. The van der Waals surface area contributed by atoms with Crippen molar-refractivity contribution < 1.29 is 4.79 Å². The van der Waals surface area contributed by atoms with Gasteiger partial charge in [-0.05, 0) is 19.4 Å². The molecule has 0 aromatic heterocycles. The molecule has 104 valence electrons. The molecule has 2 nitrogen and oxygen atoms in total. The van der Waals surface area contributed by atoms with Crippen molar-refractivity contribution in [2.24, 2.45) is 0 Å². The third-order valence-corrected chi connectivity index (χ3v) is 3.04. The maximum Gasteiger partial charge on any atom is 0.249 e. The first-order chi connectivity index (χ1) is 8.76. The van der Waals surface area contributed by atoms with Gasteiger partial charge in [-0.25, -0.2) is 0 Å². The summed E-state index contributed by atoms with van der Waals surface area (Å²) in [5.74, 6) is -0.00366. The van der Waals surface area contributed by atoms with Crippen molar-refractivity contribution >= 4 is 5.91 Å². The Hall–Kier alpha value is -1.05. The predicted octanol–water partition coefficient (Wildman–Crippen LogP) is 4.68. The van der Waals surface area contributed by atoms with Gasteiger partial charge in [0.1, 0.15) is 0 Å². The van der Waals surface area contributed by atoms with Crippen LogP contribution in [0.15, 0.2) is 24.9 Å². The van der Waals surface area contributed by atoms with Gasteiger partial charge in [0.15, 0.2) is 0 Å². The molecular weight excluding hydrogens is 222 g/mol. The van der Waals surface area contributed by atoms with Crippen molar-refractivity contribution in [1.29, 1.82) is 0 Å². The van der Waals surface area contributed by atoms with Gasteiger partial charge in [0, 0.05) is 12.7 Å². The van der Waals surface area contributed by atoms with E-state index >= 15 is 0 Å². The smallest absolute Gasteiger partial charge is 0.249 e. The number of carbonyl (C=O) groups excluding carboxylic acids is 1. The minimum atomic E-state index is -0.00366. The van der Waals surface area contributed by atoms with Crippen LogP contribution >= 0.6 is 0 Å². The number of unbranched alkanes of at least 4 members (excludes halogenated alkanes) is 7. The molecule has 0 fully saturated rings. The second-order valence-corrected chi connectivity index (χ2v) is 4.69. The van der Waals surface area contributed by atoms with Crippen LogP contribution in [-0.4, -0.2) is 17.4 Å². The van der Waals surface area contributed by atoms with Crippen LogP contribution in [0.5, 0.6) is 0 Å². The van der Waals surface area contributed by atoms with Crippen molar-refractivity contribution in [3.8, 4) is 0 Å². The molecule has 0 heterocycles. The van der Waals surface area contributed by atoms with Gasteiger partial charge in [-0.2, -0.15) is 0 Å². The quantitative estimate of drug-likeness (QED) is 0.386. The molecule has 0 aliphatic heterocycles. The number of nitrogens with zero attached hydrogens (tertiary/aromatic N) is 1. The van der Waals surface area contributed by atoms with Gasteiger partial charge in [-0.3, -0.25) is 4.79 Å². The highest BCUT2D eigenvalue weighted by molar-refractivity contribution is 5.87. The van der Waals surface area contributed by atoms with E-state index in [0.717, 1.165) is 13.0 Å². The van der Waals surface area contributed by atoms with Crippen LogP contribution in [0.4, 0.5) is 0 Å². The van der Waals surface area contributed by atoms with Crippen LogP contribution in [0.25, 0.3) is 0 Å². The van der Waals surface area contributed by atoms with Gasteiger partial charge in [0.2, 0.25) is 5.91 Å². The first-order valence-electron chi connectivity index (χ1n) is 7.32. The van der Waals surface area contributed by atoms with Crippen molar-refractivity contribution in [1.82, 2.24) is 4.90 Å². The average Bonchev–Trinajstić information content (AvgIpc) is 2.39. The molecule has 0 bridgehead atoms. The molecule has 0 unspecified atom stereocenters. The second-order valence-electron chi connectivity index (χ2n) is 4.69. The Bertz CT molecular complexity index is 245. The highest BCUT2D eigenvalue weighted by atomic mass is 16.2. The number of amides is 1. The maximum atomic E-state index is 11.5. The lowest BCUT2D eigenvalue weighted by Crippen LogP contribution is -2.24. The molecule has 2 heteroatoms. The van der Waals surface area contributed by atoms with Crippen molar-refractivity contribution in [2.75, 3.05) is 6.54 Å². The lowest BCUT2D eigenvalue weighted by atomic mass is 10.1. The minimum Gasteiger partial charge on any atom is -0.316 e. The fraction of sp³-hybridized carbons (Fsp3) is 0.688. The minimum absolute atomic E-state index is 0.00366. The van der Waals surface area contributed by atoms with E-state index in [1.54, 1.807) is 4.90 Å². The van der Waals surface area contributed by atoms with Crippen LogP contribution in [-0.2, 0) is 4.79 Å².